The molecule has 1 amide bonds. The predicted octanol–water partition coefficient (Wildman–Crippen LogP) is -0.487. The third kappa shape index (κ3) is 2.06. The fourth-order valence-electron chi connectivity index (χ4n) is 2.18. The van der Waals surface area contributed by atoms with Gasteiger partial charge >= 0.3 is 0 Å². The molecule has 0 unspecified atom stereocenters. The first-order chi connectivity index (χ1) is 7.72. The van der Waals surface area contributed by atoms with Crippen LogP contribution >= 0.6 is 0 Å². The number of amides is 1. The lowest BCUT2D eigenvalue weighted by Crippen LogP contribution is -2.41. The number of carbonyl (C=O) groups is 1. The van der Waals surface area contributed by atoms with Crippen molar-refractivity contribution in [2.45, 2.75) is 18.8 Å². The van der Waals surface area contributed by atoms with Gasteiger partial charge in [0.2, 0.25) is 5.91 Å². The number of carbonyl (C=O) groups excluding carboxylic acids is 1. The molecule has 6 heteroatoms. The van der Waals surface area contributed by atoms with Crippen LogP contribution < -0.4 is 0 Å². The first kappa shape index (κ1) is 11.1. The van der Waals surface area contributed by atoms with Crippen molar-refractivity contribution in [2.24, 2.45) is 7.05 Å². The van der Waals surface area contributed by atoms with Gasteiger partial charge in [0.15, 0.2) is 0 Å². The maximum atomic E-state index is 11.4. The first-order valence-corrected chi connectivity index (χ1v) is 5.45. The molecule has 1 aromatic heterocycles. The van der Waals surface area contributed by atoms with E-state index in [0.717, 1.165) is 25.2 Å². The fourth-order valence-corrected chi connectivity index (χ4v) is 2.18. The second-order valence-corrected chi connectivity index (χ2v) is 4.14. The number of piperidine rings is 1. The van der Waals surface area contributed by atoms with E-state index in [-0.39, 0.29) is 11.8 Å². The number of nitrogens with zero attached hydrogens (tertiary/aromatic N) is 4. The summed E-state index contributed by atoms with van der Waals surface area (Å²) >= 11 is 0. The number of aryl methyl sites for hydroxylation is 1. The Hall–Kier alpha value is -1.43. The molecule has 16 heavy (non-hydrogen) atoms. The molecule has 1 aliphatic rings. The Morgan fingerprint density at radius 3 is 3.12 bits per heavy atom. The van der Waals surface area contributed by atoms with Crippen molar-refractivity contribution in [1.29, 1.82) is 0 Å². The molecule has 2 heterocycles. The Labute approximate surface area is 93.9 Å². The predicted molar refractivity (Wildman–Crippen MR) is 56.6 cm³/mol. The Kier molecular flexibility index (Phi) is 3.19. The van der Waals surface area contributed by atoms with Gasteiger partial charge in [-0.05, 0) is 12.8 Å². The van der Waals surface area contributed by atoms with Crippen LogP contribution in [0, 0.1) is 0 Å². The van der Waals surface area contributed by atoms with Gasteiger partial charge in [0.05, 0.1) is 0 Å². The van der Waals surface area contributed by atoms with Crippen LogP contribution in [-0.4, -0.2) is 50.4 Å². The lowest BCUT2D eigenvalue weighted by molar-refractivity contribution is -0.135. The topological polar surface area (TPSA) is 71.2 Å². The van der Waals surface area contributed by atoms with E-state index in [9.17, 15) is 4.79 Å². The van der Waals surface area contributed by atoms with Crippen molar-refractivity contribution in [3.63, 3.8) is 0 Å². The molecular formula is C10H16N4O2. The minimum Gasteiger partial charge on any atom is -0.387 e. The number of hydrogen-bond acceptors (Lipinski definition) is 4. The van der Waals surface area contributed by atoms with Crippen molar-refractivity contribution >= 4 is 5.91 Å². The van der Waals surface area contributed by atoms with Crippen LogP contribution in [0.3, 0.4) is 0 Å². The second-order valence-electron chi connectivity index (χ2n) is 4.14. The molecule has 0 aliphatic carbocycles. The summed E-state index contributed by atoms with van der Waals surface area (Å²) in [5, 5.41) is 16.8. The van der Waals surface area contributed by atoms with Crippen LogP contribution in [0.2, 0.25) is 0 Å². The summed E-state index contributed by atoms with van der Waals surface area (Å²) in [6, 6.07) is 0. The number of rotatable bonds is 2. The number of likely N-dealkylation sites (tertiary alicyclic amines) is 1. The third-order valence-corrected chi connectivity index (χ3v) is 3.02. The minimum absolute atomic E-state index is 0.202. The average molecular weight is 224 g/mol. The smallest absolute Gasteiger partial charge is 0.248 e. The summed E-state index contributed by atoms with van der Waals surface area (Å²) in [7, 11) is 1.90. The van der Waals surface area contributed by atoms with E-state index in [4.69, 9.17) is 5.11 Å². The SMILES string of the molecule is Cn1cnnc1[C@@H]1CCCN(C(=O)CO)C1. The highest BCUT2D eigenvalue weighted by atomic mass is 16.3. The van der Waals surface area contributed by atoms with E-state index in [1.807, 2.05) is 11.6 Å². The summed E-state index contributed by atoms with van der Waals surface area (Å²) in [5.41, 5.74) is 0. The first-order valence-electron chi connectivity index (χ1n) is 5.45. The van der Waals surface area contributed by atoms with Crippen molar-refractivity contribution < 1.29 is 9.90 Å². The van der Waals surface area contributed by atoms with Crippen LogP contribution in [-0.2, 0) is 11.8 Å². The van der Waals surface area contributed by atoms with Gasteiger partial charge in [0, 0.05) is 26.1 Å². The van der Waals surface area contributed by atoms with Gasteiger partial charge in [-0.2, -0.15) is 0 Å². The molecular weight excluding hydrogens is 208 g/mol. The van der Waals surface area contributed by atoms with Crippen LogP contribution in [0.25, 0.3) is 0 Å². The standard InChI is InChI=1S/C10H16N4O2/c1-13-7-11-12-10(13)8-3-2-4-14(5-8)9(16)6-15/h7-8,15H,2-6H2,1H3/t8-/m1/s1. The highest BCUT2D eigenvalue weighted by Crippen LogP contribution is 2.24. The Bertz CT molecular complexity index is 377. The number of aliphatic hydroxyl groups is 1. The molecule has 0 aromatic carbocycles. The van der Waals surface area contributed by atoms with Crippen molar-refractivity contribution in [3.05, 3.63) is 12.2 Å². The quantitative estimate of drug-likeness (QED) is 0.736. The highest BCUT2D eigenvalue weighted by molar-refractivity contribution is 5.77. The third-order valence-electron chi connectivity index (χ3n) is 3.02. The molecule has 88 valence electrons. The molecule has 1 fully saturated rings. The van der Waals surface area contributed by atoms with E-state index in [1.165, 1.54) is 0 Å². The van der Waals surface area contributed by atoms with Crippen LogP contribution in [0.5, 0.6) is 0 Å². The monoisotopic (exact) mass is 224 g/mol. The number of aromatic nitrogens is 3. The molecule has 1 N–H and O–H groups in total. The van der Waals surface area contributed by atoms with E-state index in [0.29, 0.717) is 6.54 Å². The summed E-state index contributed by atoms with van der Waals surface area (Å²) in [5.74, 6) is 0.944. The molecule has 0 spiro atoms. The van der Waals surface area contributed by atoms with E-state index in [2.05, 4.69) is 10.2 Å². The van der Waals surface area contributed by atoms with Crippen molar-refractivity contribution in [2.75, 3.05) is 19.7 Å². The Morgan fingerprint density at radius 1 is 1.69 bits per heavy atom. The van der Waals surface area contributed by atoms with Gasteiger partial charge in [0.1, 0.15) is 18.8 Å². The number of hydrogen-bond donors (Lipinski definition) is 1. The van der Waals surface area contributed by atoms with Crippen LogP contribution in [0.1, 0.15) is 24.6 Å². The van der Waals surface area contributed by atoms with Gasteiger partial charge in [0.25, 0.3) is 0 Å². The normalized spacial score (nSPS) is 21.1. The number of aliphatic hydroxyl groups excluding tert-OH is 1. The molecule has 2 rings (SSSR count). The lowest BCUT2D eigenvalue weighted by atomic mass is 9.97. The van der Waals surface area contributed by atoms with Crippen LogP contribution in [0.4, 0.5) is 0 Å². The van der Waals surface area contributed by atoms with Gasteiger partial charge in [-0.25, -0.2) is 0 Å². The molecule has 0 radical (unpaired) electrons. The van der Waals surface area contributed by atoms with E-state index < -0.39 is 6.61 Å². The second kappa shape index (κ2) is 4.61. The highest BCUT2D eigenvalue weighted by Gasteiger charge is 2.26. The van der Waals surface area contributed by atoms with E-state index >= 15 is 0 Å². The van der Waals surface area contributed by atoms with E-state index in [1.54, 1.807) is 11.2 Å². The maximum Gasteiger partial charge on any atom is 0.248 e. The van der Waals surface area contributed by atoms with Crippen LogP contribution in [0.15, 0.2) is 6.33 Å². The average Bonchev–Trinajstić information content (AvgIpc) is 2.74. The zero-order chi connectivity index (χ0) is 11.5. The molecule has 1 aromatic rings. The zero-order valence-corrected chi connectivity index (χ0v) is 9.33. The molecule has 1 aliphatic heterocycles. The Balaban J connectivity index is 2.07. The summed E-state index contributed by atoms with van der Waals surface area (Å²) < 4.78 is 1.89. The summed E-state index contributed by atoms with van der Waals surface area (Å²) in [4.78, 5) is 13.1. The maximum absolute atomic E-state index is 11.4. The summed E-state index contributed by atoms with van der Waals surface area (Å²) in [6.07, 6.45) is 3.63. The minimum atomic E-state index is -0.411. The van der Waals surface area contributed by atoms with Crippen molar-refractivity contribution in [3.8, 4) is 0 Å². The largest absolute Gasteiger partial charge is 0.387 e. The fraction of sp³-hybridized carbons (Fsp3) is 0.700. The lowest BCUT2D eigenvalue weighted by Gasteiger charge is -2.31. The van der Waals surface area contributed by atoms with Gasteiger partial charge in [-0.3, -0.25) is 4.79 Å². The Morgan fingerprint density at radius 2 is 2.50 bits per heavy atom. The molecule has 1 saturated heterocycles. The van der Waals surface area contributed by atoms with Gasteiger partial charge in [-0.1, -0.05) is 0 Å². The summed E-state index contributed by atoms with van der Waals surface area (Å²) in [6.45, 7) is 0.950. The molecule has 1 atom stereocenters. The molecule has 0 bridgehead atoms. The molecule has 0 saturated carbocycles. The zero-order valence-electron chi connectivity index (χ0n) is 9.33. The van der Waals surface area contributed by atoms with Gasteiger partial charge < -0.3 is 14.6 Å². The molecule has 6 nitrogen and oxygen atoms in total. The van der Waals surface area contributed by atoms with Gasteiger partial charge in [-0.15, -0.1) is 10.2 Å². The van der Waals surface area contributed by atoms with Crippen molar-refractivity contribution in [1.82, 2.24) is 19.7 Å².